The summed E-state index contributed by atoms with van der Waals surface area (Å²) in [5.74, 6) is 1.99. The lowest BCUT2D eigenvalue weighted by Gasteiger charge is -2.30. The van der Waals surface area contributed by atoms with E-state index in [1.54, 1.807) is 9.42 Å². The summed E-state index contributed by atoms with van der Waals surface area (Å²) < 4.78 is 1.75. The SMILES string of the molecule is CC(C)=C1CN(CCC2CCCN(C)C2)C(=O)N1c1ccn2ncc(-c3ccc(-c4ncn[nH]4)cc3)c2n1. The van der Waals surface area contributed by atoms with E-state index >= 15 is 0 Å². The number of amides is 2. The van der Waals surface area contributed by atoms with E-state index in [0.29, 0.717) is 23.9 Å². The molecule has 38 heavy (non-hydrogen) atoms. The molecule has 2 aliphatic heterocycles. The number of hydrogen-bond donors (Lipinski definition) is 1. The quantitative estimate of drug-likeness (QED) is 0.411. The van der Waals surface area contributed by atoms with E-state index in [1.165, 1.54) is 25.7 Å². The van der Waals surface area contributed by atoms with Gasteiger partial charge in [0.15, 0.2) is 11.5 Å². The van der Waals surface area contributed by atoms with Gasteiger partial charge in [0.25, 0.3) is 0 Å². The summed E-state index contributed by atoms with van der Waals surface area (Å²) in [6.07, 6.45) is 8.70. The average molecular weight is 512 g/mol. The van der Waals surface area contributed by atoms with Gasteiger partial charge in [-0.1, -0.05) is 29.8 Å². The van der Waals surface area contributed by atoms with Crippen LogP contribution in [0, 0.1) is 5.92 Å². The highest BCUT2D eigenvalue weighted by Crippen LogP contribution is 2.32. The van der Waals surface area contributed by atoms with E-state index < -0.39 is 0 Å². The van der Waals surface area contributed by atoms with Crippen LogP contribution in [0.15, 0.2) is 60.3 Å². The summed E-state index contributed by atoms with van der Waals surface area (Å²) in [6, 6.07) is 9.91. The van der Waals surface area contributed by atoms with Gasteiger partial charge in [-0.05, 0) is 64.3 Å². The van der Waals surface area contributed by atoms with E-state index in [-0.39, 0.29) is 6.03 Å². The minimum Gasteiger partial charge on any atom is -0.318 e. The van der Waals surface area contributed by atoms with E-state index in [4.69, 9.17) is 4.98 Å². The summed E-state index contributed by atoms with van der Waals surface area (Å²) in [7, 11) is 2.19. The molecule has 1 N–H and O–H groups in total. The van der Waals surface area contributed by atoms with Crippen LogP contribution in [0.2, 0.25) is 0 Å². The molecule has 0 radical (unpaired) electrons. The minimum absolute atomic E-state index is 0.000287. The lowest BCUT2D eigenvalue weighted by Crippen LogP contribution is -2.36. The number of allylic oxidation sites excluding steroid dienone is 1. The third kappa shape index (κ3) is 4.56. The molecule has 2 saturated heterocycles. The van der Waals surface area contributed by atoms with Crippen LogP contribution in [0.3, 0.4) is 0 Å². The Bertz CT molecular complexity index is 1470. The molecule has 2 fully saturated rings. The number of H-pyrrole nitrogens is 1. The van der Waals surface area contributed by atoms with Crippen molar-refractivity contribution in [2.75, 3.05) is 38.1 Å². The topological polar surface area (TPSA) is 98.5 Å². The van der Waals surface area contributed by atoms with Gasteiger partial charge in [-0.15, -0.1) is 0 Å². The Morgan fingerprint density at radius 2 is 1.95 bits per heavy atom. The number of fused-ring (bicyclic) bond motifs is 1. The zero-order valence-electron chi connectivity index (χ0n) is 22.1. The van der Waals surface area contributed by atoms with Crippen LogP contribution in [-0.2, 0) is 0 Å². The Hall–Kier alpha value is -4.05. The third-order valence-corrected chi connectivity index (χ3v) is 7.65. The number of anilines is 1. The van der Waals surface area contributed by atoms with Crippen molar-refractivity contribution in [2.24, 2.45) is 5.92 Å². The van der Waals surface area contributed by atoms with Crippen LogP contribution < -0.4 is 4.90 Å². The maximum Gasteiger partial charge on any atom is 0.330 e. The molecule has 10 nitrogen and oxygen atoms in total. The second-order valence-corrected chi connectivity index (χ2v) is 10.6. The normalized spacial score (nSPS) is 18.7. The number of aromatic nitrogens is 6. The van der Waals surface area contributed by atoms with Crippen molar-refractivity contribution in [1.29, 1.82) is 0 Å². The Labute approximate surface area is 222 Å². The van der Waals surface area contributed by atoms with Crippen LogP contribution >= 0.6 is 0 Å². The molecule has 0 aliphatic carbocycles. The molecule has 0 spiro atoms. The van der Waals surface area contributed by atoms with Gasteiger partial charge in [0, 0.05) is 36.1 Å². The van der Waals surface area contributed by atoms with Crippen LogP contribution in [0.4, 0.5) is 10.6 Å². The number of likely N-dealkylation sites (tertiary alicyclic amines) is 1. The predicted molar refractivity (Wildman–Crippen MR) is 146 cm³/mol. The molecule has 2 aliphatic rings. The van der Waals surface area contributed by atoms with Gasteiger partial charge >= 0.3 is 6.03 Å². The molecule has 10 heteroatoms. The van der Waals surface area contributed by atoms with Crippen LogP contribution in [0.1, 0.15) is 33.1 Å². The van der Waals surface area contributed by atoms with Crippen molar-refractivity contribution in [3.8, 4) is 22.5 Å². The maximum atomic E-state index is 13.7. The highest BCUT2D eigenvalue weighted by Gasteiger charge is 2.36. The molecule has 6 rings (SSSR count). The van der Waals surface area contributed by atoms with Crippen LogP contribution in [0.5, 0.6) is 0 Å². The number of rotatable bonds is 6. The summed E-state index contributed by atoms with van der Waals surface area (Å²) in [5.41, 5.74) is 5.68. The molecular formula is C28H33N9O. The van der Waals surface area contributed by atoms with Crippen molar-refractivity contribution in [2.45, 2.75) is 33.1 Å². The molecule has 0 bridgehead atoms. The second kappa shape index (κ2) is 10.0. The number of urea groups is 1. The van der Waals surface area contributed by atoms with Gasteiger partial charge < -0.3 is 9.80 Å². The van der Waals surface area contributed by atoms with E-state index in [9.17, 15) is 4.79 Å². The lowest BCUT2D eigenvalue weighted by molar-refractivity contribution is 0.184. The zero-order chi connectivity index (χ0) is 26.2. The fraction of sp³-hybridized carbons (Fsp3) is 0.393. The first-order chi connectivity index (χ1) is 18.5. The molecule has 0 saturated carbocycles. The van der Waals surface area contributed by atoms with Crippen LogP contribution in [0.25, 0.3) is 28.2 Å². The fourth-order valence-corrected chi connectivity index (χ4v) is 5.56. The number of carbonyl (C=O) groups excluding carboxylic acids is 1. The van der Waals surface area contributed by atoms with Gasteiger partial charge in [-0.3, -0.25) is 5.10 Å². The first-order valence-corrected chi connectivity index (χ1v) is 13.2. The van der Waals surface area contributed by atoms with Gasteiger partial charge in [0.1, 0.15) is 12.1 Å². The van der Waals surface area contributed by atoms with Gasteiger partial charge in [0.05, 0.1) is 12.7 Å². The molecular weight excluding hydrogens is 478 g/mol. The largest absolute Gasteiger partial charge is 0.330 e. The van der Waals surface area contributed by atoms with Crippen molar-refractivity contribution >= 4 is 17.5 Å². The predicted octanol–water partition coefficient (Wildman–Crippen LogP) is 4.45. The number of benzene rings is 1. The number of carbonyl (C=O) groups is 1. The van der Waals surface area contributed by atoms with Crippen molar-refractivity contribution in [3.63, 3.8) is 0 Å². The number of nitrogens with one attached hydrogen (secondary N) is 1. The second-order valence-electron chi connectivity index (χ2n) is 10.6. The molecule has 4 aromatic rings. The highest BCUT2D eigenvalue weighted by atomic mass is 16.2. The summed E-state index contributed by atoms with van der Waals surface area (Å²) in [4.78, 5) is 29.0. The van der Waals surface area contributed by atoms with Gasteiger partial charge in [-0.2, -0.15) is 10.2 Å². The van der Waals surface area contributed by atoms with Crippen molar-refractivity contribution < 1.29 is 4.79 Å². The Kier molecular flexibility index (Phi) is 6.40. The smallest absolute Gasteiger partial charge is 0.318 e. The van der Waals surface area contributed by atoms with Crippen LogP contribution in [-0.4, -0.2) is 78.8 Å². The first-order valence-electron chi connectivity index (χ1n) is 13.2. The van der Waals surface area contributed by atoms with Crippen molar-refractivity contribution in [3.05, 3.63) is 60.3 Å². The average Bonchev–Trinajstić information content (AvgIpc) is 3.67. The fourth-order valence-electron chi connectivity index (χ4n) is 5.56. The van der Waals surface area contributed by atoms with E-state index in [2.05, 4.69) is 46.1 Å². The molecule has 5 heterocycles. The molecule has 2 amide bonds. The Balaban J connectivity index is 1.27. The number of piperidine rings is 1. The summed E-state index contributed by atoms with van der Waals surface area (Å²) in [5, 5.41) is 11.3. The number of nitrogens with zero attached hydrogens (tertiary/aromatic N) is 8. The highest BCUT2D eigenvalue weighted by molar-refractivity contribution is 5.98. The molecule has 196 valence electrons. The maximum absolute atomic E-state index is 13.7. The Morgan fingerprint density at radius 3 is 2.68 bits per heavy atom. The Morgan fingerprint density at radius 1 is 1.13 bits per heavy atom. The summed E-state index contributed by atoms with van der Waals surface area (Å²) in [6.45, 7) is 7.80. The van der Waals surface area contributed by atoms with E-state index in [1.807, 2.05) is 47.6 Å². The molecule has 3 aromatic heterocycles. The zero-order valence-corrected chi connectivity index (χ0v) is 22.1. The van der Waals surface area contributed by atoms with E-state index in [0.717, 1.165) is 53.3 Å². The van der Waals surface area contributed by atoms with Crippen molar-refractivity contribution in [1.82, 2.24) is 39.6 Å². The summed E-state index contributed by atoms with van der Waals surface area (Å²) >= 11 is 0. The van der Waals surface area contributed by atoms with Gasteiger partial charge in [-0.25, -0.2) is 24.2 Å². The first kappa shape index (κ1) is 24.3. The third-order valence-electron chi connectivity index (χ3n) is 7.65. The molecule has 1 unspecified atom stereocenters. The molecule has 1 aromatic carbocycles. The standard InChI is InChI=1S/C28H33N9O/c1-19(2)24-17-35(13-10-20-5-4-12-34(3)16-20)28(38)37(24)25-11-14-36-27(32-25)23(15-31-36)21-6-8-22(9-7-21)26-29-18-30-33-26/h6-9,11,14-15,18,20H,4-5,10,12-13,16-17H2,1-3H3,(H,29,30,33). The minimum atomic E-state index is -0.000287. The monoisotopic (exact) mass is 511 g/mol. The lowest BCUT2D eigenvalue weighted by atomic mass is 9.95. The van der Waals surface area contributed by atoms with Gasteiger partial charge in [0.2, 0.25) is 0 Å². The number of aromatic amines is 1. The number of hydrogen-bond acceptors (Lipinski definition) is 6. The molecule has 1 atom stereocenters.